The van der Waals surface area contributed by atoms with Crippen LogP contribution in [0.3, 0.4) is 0 Å². The van der Waals surface area contributed by atoms with E-state index in [1.807, 2.05) is 18.2 Å². The van der Waals surface area contributed by atoms with E-state index < -0.39 is 9.84 Å². The van der Waals surface area contributed by atoms with E-state index in [4.69, 9.17) is 0 Å². The lowest BCUT2D eigenvalue weighted by Crippen LogP contribution is -2.38. The van der Waals surface area contributed by atoms with E-state index in [1.165, 1.54) is 5.56 Å². The van der Waals surface area contributed by atoms with Gasteiger partial charge in [-0.15, -0.1) is 0 Å². The summed E-state index contributed by atoms with van der Waals surface area (Å²) in [6.45, 7) is 2.93. The zero-order valence-corrected chi connectivity index (χ0v) is 13.5. The second kappa shape index (κ2) is 6.37. The van der Waals surface area contributed by atoms with Gasteiger partial charge in [-0.2, -0.15) is 0 Å². The van der Waals surface area contributed by atoms with Crippen molar-refractivity contribution in [2.24, 2.45) is 5.92 Å². The lowest BCUT2D eigenvalue weighted by atomic mass is 9.93. The number of likely N-dealkylation sites (N-methyl/N-ethyl adjacent to an activating group) is 1. The van der Waals surface area contributed by atoms with Gasteiger partial charge in [0.2, 0.25) is 0 Å². The molecule has 2 unspecified atom stereocenters. The average Bonchev–Trinajstić information content (AvgIpc) is 2.72. The second-order valence-corrected chi connectivity index (χ2v) is 8.21. The maximum atomic E-state index is 11.6. The third-order valence-corrected chi connectivity index (χ3v) is 6.27. The minimum Gasteiger partial charge on any atom is -0.314 e. The molecule has 1 saturated heterocycles. The normalized spacial score (nSPS) is 23.4. The number of benzene rings is 1. The van der Waals surface area contributed by atoms with Gasteiger partial charge in [0.25, 0.3) is 0 Å². The molecule has 1 aliphatic rings. The van der Waals surface area contributed by atoms with Crippen LogP contribution in [0.15, 0.2) is 28.7 Å². The summed E-state index contributed by atoms with van der Waals surface area (Å²) in [5.74, 6) is 0.905. The summed E-state index contributed by atoms with van der Waals surface area (Å²) in [5, 5.41) is 3.45. The van der Waals surface area contributed by atoms with E-state index in [9.17, 15) is 8.42 Å². The van der Waals surface area contributed by atoms with Gasteiger partial charge in [0.15, 0.2) is 9.84 Å². The van der Waals surface area contributed by atoms with Gasteiger partial charge in [0.05, 0.1) is 11.5 Å². The molecule has 0 spiro atoms. The fraction of sp³-hybridized carbons (Fsp3) is 0.571. The third-order valence-electron chi connectivity index (χ3n) is 3.70. The van der Waals surface area contributed by atoms with Crippen molar-refractivity contribution in [3.05, 3.63) is 34.3 Å². The number of hydrogen-bond donors (Lipinski definition) is 1. The van der Waals surface area contributed by atoms with Crippen LogP contribution < -0.4 is 5.32 Å². The molecule has 106 valence electrons. The van der Waals surface area contributed by atoms with Crippen molar-refractivity contribution in [1.29, 1.82) is 0 Å². The van der Waals surface area contributed by atoms with Gasteiger partial charge >= 0.3 is 0 Å². The zero-order valence-electron chi connectivity index (χ0n) is 11.1. The lowest BCUT2D eigenvalue weighted by molar-refractivity contribution is 0.385. The molecule has 3 nitrogen and oxygen atoms in total. The Morgan fingerprint density at radius 1 is 1.42 bits per heavy atom. The Labute approximate surface area is 123 Å². The molecule has 19 heavy (non-hydrogen) atoms. The van der Waals surface area contributed by atoms with Gasteiger partial charge in [-0.25, -0.2) is 8.42 Å². The Morgan fingerprint density at radius 2 is 2.16 bits per heavy atom. The average molecular weight is 346 g/mol. The van der Waals surface area contributed by atoms with Crippen LogP contribution in [0.25, 0.3) is 0 Å². The van der Waals surface area contributed by atoms with Crippen molar-refractivity contribution in [3.63, 3.8) is 0 Å². The first kappa shape index (κ1) is 15.0. The highest BCUT2D eigenvalue weighted by Crippen LogP contribution is 2.26. The van der Waals surface area contributed by atoms with Crippen LogP contribution in [-0.4, -0.2) is 32.5 Å². The van der Waals surface area contributed by atoms with Gasteiger partial charge < -0.3 is 5.32 Å². The van der Waals surface area contributed by atoms with E-state index >= 15 is 0 Å². The van der Waals surface area contributed by atoms with Crippen LogP contribution in [0.5, 0.6) is 0 Å². The number of hydrogen-bond acceptors (Lipinski definition) is 3. The van der Waals surface area contributed by atoms with Gasteiger partial charge in [-0.1, -0.05) is 41.1 Å². The third kappa shape index (κ3) is 4.04. The lowest BCUT2D eigenvalue weighted by Gasteiger charge is -2.24. The Bertz CT molecular complexity index is 530. The molecular formula is C14H20BrNO2S. The van der Waals surface area contributed by atoms with E-state index in [0.29, 0.717) is 11.5 Å². The summed E-state index contributed by atoms with van der Waals surface area (Å²) < 4.78 is 24.4. The first-order valence-electron chi connectivity index (χ1n) is 6.69. The molecule has 0 radical (unpaired) electrons. The van der Waals surface area contributed by atoms with E-state index in [2.05, 4.69) is 34.2 Å². The molecule has 0 amide bonds. The number of sulfone groups is 1. The molecular weight excluding hydrogens is 326 g/mol. The Balaban J connectivity index is 2.11. The highest BCUT2D eigenvalue weighted by atomic mass is 79.9. The maximum absolute atomic E-state index is 11.6. The summed E-state index contributed by atoms with van der Waals surface area (Å²) in [4.78, 5) is 0. The molecule has 0 saturated carbocycles. The predicted molar refractivity (Wildman–Crippen MR) is 82.1 cm³/mol. The summed E-state index contributed by atoms with van der Waals surface area (Å²) >= 11 is 3.56. The minimum absolute atomic E-state index is 0.233. The molecule has 1 aliphatic heterocycles. The smallest absolute Gasteiger partial charge is 0.150 e. The Morgan fingerprint density at radius 3 is 2.74 bits per heavy atom. The highest BCUT2D eigenvalue weighted by molar-refractivity contribution is 9.10. The van der Waals surface area contributed by atoms with Crippen molar-refractivity contribution >= 4 is 25.8 Å². The van der Waals surface area contributed by atoms with Crippen molar-refractivity contribution in [3.8, 4) is 0 Å². The molecule has 0 aliphatic carbocycles. The van der Waals surface area contributed by atoms with E-state index in [-0.39, 0.29) is 12.0 Å². The van der Waals surface area contributed by atoms with Crippen LogP contribution in [0.1, 0.15) is 18.9 Å². The first-order chi connectivity index (χ1) is 9.02. The summed E-state index contributed by atoms with van der Waals surface area (Å²) in [7, 11) is -2.81. The fourth-order valence-corrected chi connectivity index (χ4v) is 5.04. The molecule has 5 heteroatoms. The zero-order chi connectivity index (χ0) is 13.9. The molecule has 0 bridgehead atoms. The molecule has 1 fully saturated rings. The SMILES string of the molecule is CCNC(Cc1ccccc1Br)C1CCS(=O)(=O)C1. The maximum Gasteiger partial charge on any atom is 0.150 e. The monoisotopic (exact) mass is 345 g/mol. The largest absolute Gasteiger partial charge is 0.314 e. The van der Waals surface area contributed by atoms with Crippen molar-refractivity contribution in [1.82, 2.24) is 5.32 Å². The molecule has 0 aromatic heterocycles. The van der Waals surface area contributed by atoms with Gasteiger partial charge in [0.1, 0.15) is 0 Å². The van der Waals surface area contributed by atoms with Crippen LogP contribution in [-0.2, 0) is 16.3 Å². The van der Waals surface area contributed by atoms with Crippen LogP contribution in [0.2, 0.25) is 0 Å². The molecule has 1 N–H and O–H groups in total. The van der Waals surface area contributed by atoms with Crippen molar-refractivity contribution < 1.29 is 8.42 Å². The van der Waals surface area contributed by atoms with Crippen LogP contribution >= 0.6 is 15.9 Å². The summed E-state index contributed by atoms with van der Waals surface area (Å²) in [6.07, 6.45) is 1.65. The Hall–Kier alpha value is -0.390. The number of halogens is 1. The van der Waals surface area contributed by atoms with Crippen LogP contribution in [0.4, 0.5) is 0 Å². The topological polar surface area (TPSA) is 46.2 Å². The van der Waals surface area contributed by atoms with Crippen LogP contribution in [0, 0.1) is 5.92 Å². The van der Waals surface area contributed by atoms with Gasteiger partial charge in [-0.3, -0.25) is 0 Å². The molecule has 1 aromatic rings. The van der Waals surface area contributed by atoms with E-state index in [0.717, 1.165) is 23.9 Å². The quantitative estimate of drug-likeness (QED) is 0.891. The molecule has 2 rings (SSSR count). The van der Waals surface area contributed by atoms with Gasteiger partial charge in [-0.05, 0) is 36.9 Å². The highest BCUT2D eigenvalue weighted by Gasteiger charge is 2.33. The minimum atomic E-state index is -2.81. The number of nitrogens with one attached hydrogen (secondary N) is 1. The summed E-state index contributed by atoms with van der Waals surface area (Å²) in [6, 6.07) is 8.38. The first-order valence-corrected chi connectivity index (χ1v) is 9.30. The molecule has 1 aromatic carbocycles. The van der Waals surface area contributed by atoms with Crippen molar-refractivity contribution in [2.75, 3.05) is 18.1 Å². The van der Waals surface area contributed by atoms with E-state index in [1.54, 1.807) is 0 Å². The molecule has 1 heterocycles. The molecule has 2 atom stereocenters. The summed E-state index contributed by atoms with van der Waals surface area (Å²) in [5.41, 5.74) is 1.23. The fourth-order valence-electron chi connectivity index (χ4n) is 2.71. The predicted octanol–water partition coefficient (Wildman–Crippen LogP) is 2.40. The Kier molecular flexibility index (Phi) is 5.03. The number of rotatable bonds is 5. The van der Waals surface area contributed by atoms with Crippen molar-refractivity contribution in [2.45, 2.75) is 25.8 Å². The second-order valence-electron chi connectivity index (χ2n) is 5.12. The standard InChI is InChI=1S/C14H20BrNO2S/c1-2-16-14(12-7-8-19(17,18)10-12)9-11-5-3-4-6-13(11)15/h3-6,12,14,16H,2,7-10H2,1H3. The van der Waals surface area contributed by atoms with Gasteiger partial charge in [0, 0.05) is 10.5 Å².